The monoisotopic (exact) mass is 300 g/mol. The van der Waals surface area contributed by atoms with Gasteiger partial charge in [0.2, 0.25) is 0 Å². The molecule has 1 aromatic carbocycles. The minimum atomic E-state index is -0.145. The van der Waals surface area contributed by atoms with Gasteiger partial charge in [-0.3, -0.25) is 0 Å². The molecule has 3 rings (SSSR count). The van der Waals surface area contributed by atoms with Crippen molar-refractivity contribution in [3.8, 4) is 5.69 Å². The van der Waals surface area contributed by atoms with Gasteiger partial charge in [0.25, 0.3) is 0 Å². The molecule has 7 nitrogen and oxygen atoms in total. The van der Waals surface area contributed by atoms with E-state index in [1.54, 1.807) is 4.68 Å². The van der Waals surface area contributed by atoms with E-state index in [1.807, 2.05) is 24.3 Å². The molecule has 0 saturated heterocycles. The third-order valence-electron chi connectivity index (χ3n) is 4.17. The largest absolute Gasteiger partial charge is 0.335 e. The van der Waals surface area contributed by atoms with Gasteiger partial charge in [-0.15, -0.1) is 5.10 Å². The molecule has 2 amide bonds. The van der Waals surface area contributed by atoms with Crippen molar-refractivity contribution in [3.63, 3.8) is 0 Å². The molecule has 2 atom stereocenters. The van der Waals surface area contributed by atoms with E-state index in [1.165, 1.54) is 25.6 Å². The predicted molar refractivity (Wildman–Crippen MR) is 82.7 cm³/mol. The molecule has 22 heavy (non-hydrogen) atoms. The van der Waals surface area contributed by atoms with Crippen LogP contribution in [0, 0.1) is 5.92 Å². The van der Waals surface area contributed by atoms with Gasteiger partial charge in [0.05, 0.1) is 5.69 Å². The molecule has 1 heterocycles. The molecular weight excluding hydrogens is 280 g/mol. The van der Waals surface area contributed by atoms with Crippen LogP contribution in [-0.2, 0) is 0 Å². The second kappa shape index (κ2) is 6.55. The lowest BCUT2D eigenvalue weighted by Crippen LogP contribution is -2.43. The van der Waals surface area contributed by atoms with Crippen molar-refractivity contribution >= 4 is 11.7 Å². The van der Waals surface area contributed by atoms with Crippen LogP contribution >= 0.6 is 0 Å². The standard InChI is InChI=1S/C15H20N6O/c1-11-4-2-3-5-14(11)18-15(22)17-12-6-8-13(9-7-12)21-10-16-19-20-21/h6-11,14H,2-5H2,1H3,(H2,17,18,22). The molecule has 2 N–H and O–H groups in total. The Morgan fingerprint density at radius 1 is 1.23 bits per heavy atom. The molecule has 0 spiro atoms. The van der Waals surface area contributed by atoms with Crippen LogP contribution < -0.4 is 10.6 Å². The van der Waals surface area contributed by atoms with Crippen molar-refractivity contribution in [2.75, 3.05) is 5.32 Å². The molecule has 7 heteroatoms. The molecule has 1 aliphatic rings. The van der Waals surface area contributed by atoms with E-state index in [0.717, 1.165) is 17.8 Å². The topological polar surface area (TPSA) is 84.7 Å². The predicted octanol–water partition coefficient (Wildman–Crippen LogP) is 2.36. The summed E-state index contributed by atoms with van der Waals surface area (Å²) in [6.45, 7) is 2.20. The second-order valence-corrected chi connectivity index (χ2v) is 5.77. The lowest BCUT2D eigenvalue weighted by molar-refractivity contribution is 0.232. The van der Waals surface area contributed by atoms with Gasteiger partial charge in [-0.1, -0.05) is 19.8 Å². The van der Waals surface area contributed by atoms with E-state index in [4.69, 9.17) is 0 Å². The number of amides is 2. The highest BCUT2D eigenvalue weighted by Gasteiger charge is 2.22. The van der Waals surface area contributed by atoms with Crippen LogP contribution in [0.25, 0.3) is 5.69 Å². The van der Waals surface area contributed by atoms with E-state index >= 15 is 0 Å². The summed E-state index contributed by atoms with van der Waals surface area (Å²) in [6.07, 6.45) is 6.23. The molecule has 2 aromatic rings. The van der Waals surface area contributed by atoms with Crippen LogP contribution in [0.4, 0.5) is 10.5 Å². The summed E-state index contributed by atoms with van der Waals surface area (Å²) in [7, 11) is 0. The fourth-order valence-electron chi connectivity index (χ4n) is 2.84. The first-order valence-corrected chi connectivity index (χ1v) is 7.63. The van der Waals surface area contributed by atoms with Crippen LogP contribution in [0.15, 0.2) is 30.6 Å². The zero-order valence-electron chi connectivity index (χ0n) is 12.6. The molecule has 2 unspecified atom stereocenters. The lowest BCUT2D eigenvalue weighted by atomic mass is 9.86. The summed E-state index contributed by atoms with van der Waals surface area (Å²) in [4.78, 5) is 12.1. The number of nitrogens with one attached hydrogen (secondary N) is 2. The highest BCUT2D eigenvalue weighted by molar-refractivity contribution is 5.89. The zero-order valence-corrected chi connectivity index (χ0v) is 12.6. The molecule has 1 aliphatic carbocycles. The summed E-state index contributed by atoms with van der Waals surface area (Å²) >= 11 is 0. The highest BCUT2D eigenvalue weighted by Crippen LogP contribution is 2.23. The average molecular weight is 300 g/mol. The number of aromatic nitrogens is 4. The lowest BCUT2D eigenvalue weighted by Gasteiger charge is -2.29. The third-order valence-corrected chi connectivity index (χ3v) is 4.17. The molecule has 1 saturated carbocycles. The van der Waals surface area contributed by atoms with Crippen molar-refractivity contribution in [2.45, 2.75) is 38.6 Å². The number of hydrogen-bond donors (Lipinski definition) is 2. The number of carbonyl (C=O) groups excluding carboxylic acids is 1. The first-order chi connectivity index (χ1) is 10.7. The molecule has 0 radical (unpaired) electrons. The Balaban J connectivity index is 1.57. The maximum Gasteiger partial charge on any atom is 0.319 e. The number of urea groups is 1. The minimum Gasteiger partial charge on any atom is -0.335 e. The molecular formula is C15H20N6O. The van der Waals surface area contributed by atoms with Crippen LogP contribution in [0.3, 0.4) is 0 Å². The van der Waals surface area contributed by atoms with E-state index < -0.39 is 0 Å². The second-order valence-electron chi connectivity index (χ2n) is 5.77. The van der Waals surface area contributed by atoms with Crippen molar-refractivity contribution in [1.29, 1.82) is 0 Å². The van der Waals surface area contributed by atoms with Crippen LogP contribution in [0.2, 0.25) is 0 Å². The maximum atomic E-state index is 12.1. The number of tetrazole rings is 1. The Kier molecular flexibility index (Phi) is 4.32. The van der Waals surface area contributed by atoms with Crippen molar-refractivity contribution in [2.24, 2.45) is 5.92 Å². The summed E-state index contributed by atoms with van der Waals surface area (Å²) in [5, 5.41) is 16.9. The minimum absolute atomic E-state index is 0.145. The Morgan fingerprint density at radius 2 is 2.00 bits per heavy atom. The molecule has 0 aliphatic heterocycles. The fraction of sp³-hybridized carbons (Fsp3) is 0.467. The van der Waals surface area contributed by atoms with Gasteiger partial charge in [-0.25, -0.2) is 9.48 Å². The SMILES string of the molecule is CC1CCCCC1NC(=O)Nc1ccc(-n2cnnn2)cc1. The van der Waals surface area contributed by atoms with Crippen molar-refractivity contribution in [3.05, 3.63) is 30.6 Å². The van der Waals surface area contributed by atoms with Crippen molar-refractivity contribution < 1.29 is 4.79 Å². The Bertz CT molecular complexity index is 609. The highest BCUT2D eigenvalue weighted by atomic mass is 16.2. The van der Waals surface area contributed by atoms with Gasteiger partial charge < -0.3 is 10.6 Å². The summed E-state index contributed by atoms with van der Waals surface area (Å²) in [5.74, 6) is 0.543. The van der Waals surface area contributed by atoms with Crippen LogP contribution in [0.5, 0.6) is 0 Å². The number of benzene rings is 1. The van der Waals surface area contributed by atoms with E-state index in [-0.39, 0.29) is 12.1 Å². The van der Waals surface area contributed by atoms with Gasteiger partial charge in [0.15, 0.2) is 0 Å². The maximum absolute atomic E-state index is 12.1. The molecule has 0 bridgehead atoms. The van der Waals surface area contributed by atoms with Crippen LogP contribution in [0.1, 0.15) is 32.6 Å². The Morgan fingerprint density at radius 3 is 2.68 bits per heavy atom. The number of carbonyl (C=O) groups is 1. The first-order valence-electron chi connectivity index (χ1n) is 7.63. The van der Waals surface area contributed by atoms with E-state index in [9.17, 15) is 4.79 Å². The number of anilines is 1. The normalized spacial score (nSPS) is 21.3. The fourth-order valence-corrected chi connectivity index (χ4v) is 2.84. The quantitative estimate of drug-likeness (QED) is 0.911. The smallest absolute Gasteiger partial charge is 0.319 e. The van der Waals surface area contributed by atoms with E-state index in [0.29, 0.717) is 5.92 Å². The van der Waals surface area contributed by atoms with Gasteiger partial charge >= 0.3 is 6.03 Å². The Labute approximate surface area is 129 Å². The summed E-state index contributed by atoms with van der Waals surface area (Å²) in [6, 6.07) is 7.51. The number of nitrogens with zero attached hydrogens (tertiary/aromatic N) is 4. The summed E-state index contributed by atoms with van der Waals surface area (Å²) in [5.41, 5.74) is 1.59. The van der Waals surface area contributed by atoms with E-state index in [2.05, 4.69) is 33.1 Å². The third kappa shape index (κ3) is 3.41. The summed E-state index contributed by atoms with van der Waals surface area (Å²) < 4.78 is 1.56. The first kappa shape index (κ1) is 14.5. The zero-order chi connectivity index (χ0) is 15.4. The Hall–Kier alpha value is -2.44. The molecule has 1 aromatic heterocycles. The van der Waals surface area contributed by atoms with Gasteiger partial charge in [-0.05, 0) is 53.5 Å². The average Bonchev–Trinajstić information content (AvgIpc) is 3.05. The molecule has 1 fully saturated rings. The van der Waals surface area contributed by atoms with Crippen LogP contribution in [-0.4, -0.2) is 32.3 Å². The number of hydrogen-bond acceptors (Lipinski definition) is 4. The number of rotatable bonds is 3. The van der Waals surface area contributed by atoms with Crippen molar-refractivity contribution in [1.82, 2.24) is 25.5 Å². The van der Waals surface area contributed by atoms with Gasteiger partial charge in [-0.2, -0.15) is 0 Å². The van der Waals surface area contributed by atoms with Gasteiger partial charge in [0, 0.05) is 11.7 Å². The molecule has 116 valence electrons. The van der Waals surface area contributed by atoms with Gasteiger partial charge in [0.1, 0.15) is 6.33 Å².